The number of aromatic nitrogens is 1. The van der Waals surface area contributed by atoms with Crippen LogP contribution in [0.4, 0.5) is 0 Å². The minimum absolute atomic E-state index is 0.447. The molecule has 2 aliphatic rings. The van der Waals surface area contributed by atoms with Gasteiger partial charge in [0.1, 0.15) is 4.60 Å². The Balaban J connectivity index is 1.86. The minimum atomic E-state index is 0.447. The Morgan fingerprint density at radius 3 is 2.71 bits per heavy atom. The third kappa shape index (κ3) is 1.78. The lowest BCUT2D eigenvalue weighted by Crippen LogP contribution is -1.98. The van der Waals surface area contributed by atoms with Crippen molar-refractivity contribution in [3.8, 4) is 5.75 Å². The summed E-state index contributed by atoms with van der Waals surface area (Å²) in [6.07, 6.45) is 7.42. The molecular formula is C11H12BrNO. The Labute approximate surface area is 91.8 Å². The monoisotopic (exact) mass is 253 g/mol. The highest BCUT2D eigenvalue weighted by molar-refractivity contribution is 9.10. The van der Waals surface area contributed by atoms with Gasteiger partial charge in [0.05, 0.1) is 6.10 Å². The van der Waals surface area contributed by atoms with E-state index in [0.717, 1.165) is 16.3 Å². The second-order valence-corrected chi connectivity index (χ2v) is 4.90. The van der Waals surface area contributed by atoms with Gasteiger partial charge < -0.3 is 4.74 Å². The predicted octanol–water partition coefficient (Wildman–Crippen LogP) is 3.26. The van der Waals surface area contributed by atoms with Crippen molar-refractivity contribution in [2.45, 2.75) is 37.7 Å². The Morgan fingerprint density at radius 1 is 1.29 bits per heavy atom. The summed E-state index contributed by atoms with van der Waals surface area (Å²) < 4.78 is 6.61. The van der Waals surface area contributed by atoms with Crippen LogP contribution >= 0.6 is 15.9 Å². The summed E-state index contributed by atoms with van der Waals surface area (Å²) in [5.41, 5.74) is 1.34. The summed E-state index contributed by atoms with van der Waals surface area (Å²) in [6.45, 7) is 0. The minimum Gasteiger partial charge on any atom is -0.488 e. The van der Waals surface area contributed by atoms with E-state index in [0.29, 0.717) is 6.10 Å². The summed E-state index contributed by atoms with van der Waals surface area (Å²) in [5, 5.41) is 0. The van der Waals surface area contributed by atoms with E-state index in [-0.39, 0.29) is 0 Å². The molecular weight excluding hydrogens is 242 g/mol. The first kappa shape index (κ1) is 8.72. The zero-order valence-corrected chi connectivity index (χ0v) is 9.46. The van der Waals surface area contributed by atoms with Gasteiger partial charge in [-0.3, -0.25) is 0 Å². The number of pyridine rings is 1. The van der Waals surface area contributed by atoms with Crippen LogP contribution in [0.3, 0.4) is 0 Å². The van der Waals surface area contributed by atoms with Gasteiger partial charge in [-0.05, 0) is 59.2 Å². The van der Waals surface area contributed by atoms with Crippen LogP contribution in [-0.4, -0.2) is 11.1 Å². The normalized spacial score (nSPS) is 20.9. The van der Waals surface area contributed by atoms with Crippen LogP contribution in [0, 0.1) is 0 Å². The Bertz CT molecular complexity index is 358. The van der Waals surface area contributed by atoms with Crippen molar-refractivity contribution in [1.29, 1.82) is 0 Å². The Morgan fingerprint density at radius 2 is 2.07 bits per heavy atom. The molecule has 2 fully saturated rings. The fourth-order valence-electron chi connectivity index (χ4n) is 1.53. The molecule has 14 heavy (non-hydrogen) atoms. The zero-order valence-electron chi connectivity index (χ0n) is 7.87. The highest BCUT2D eigenvalue weighted by Crippen LogP contribution is 2.42. The molecule has 1 aromatic heterocycles. The number of rotatable bonds is 3. The number of ether oxygens (including phenoxy) is 1. The van der Waals surface area contributed by atoms with E-state index < -0.39 is 0 Å². The van der Waals surface area contributed by atoms with E-state index in [1.165, 1.54) is 31.2 Å². The van der Waals surface area contributed by atoms with E-state index in [4.69, 9.17) is 4.74 Å². The van der Waals surface area contributed by atoms with Crippen LogP contribution in [0.5, 0.6) is 5.75 Å². The SMILES string of the molecule is Brc1ncc(C2CC2)cc1OC1CC1. The largest absolute Gasteiger partial charge is 0.488 e. The van der Waals surface area contributed by atoms with Gasteiger partial charge in [-0.1, -0.05) is 0 Å². The number of hydrogen-bond donors (Lipinski definition) is 0. The summed E-state index contributed by atoms with van der Waals surface area (Å²) in [5.74, 6) is 1.68. The topological polar surface area (TPSA) is 22.1 Å². The summed E-state index contributed by atoms with van der Waals surface area (Å²) >= 11 is 3.42. The maximum absolute atomic E-state index is 5.77. The smallest absolute Gasteiger partial charge is 0.152 e. The molecule has 0 unspecified atom stereocenters. The predicted molar refractivity (Wildman–Crippen MR) is 57.6 cm³/mol. The van der Waals surface area contributed by atoms with Crippen LogP contribution in [0.15, 0.2) is 16.9 Å². The van der Waals surface area contributed by atoms with Crippen molar-refractivity contribution < 1.29 is 4.74 Å². The number of halogens is 1. The maximum Gasteiger partial charge on any atom is 0.152 e. The van der Waals surface area contributed by atoms with E-state index in [9.17, 15) is 0 Å². The average Bonchev–Trinajstić information content (AvgIpc) is 3.01. The van der Waals surface area contributed by atoms with E-state index >= 15 is 0 Å². The van der Waals surface area contributed by atoms with Crippen molar-refractivity contribution in [3.63, 3.8) is 0 Å². The molecule has 74 valence electrons. The highest BCUT2D eigenvalue weighted by Gasteiger charge is 2.27. The van der Waals surface area contributed by atoms with Gasteiger partial charge in [0, 0.05) is 6.20 Å². The van der Waals surface area contributed by atoms with Crippen LogP contribution in [0.25, 0.3) is 0 Å². The molecule has 1 heterocycles. The fourth-order valence-corrected chi connectivity index (χ4v) is 1.84. The molecule has 2 nitrogen and oxygen atoms in total. The number of hydrogen-bond acceptors (Lipinski definition) is 2. The molecule has 0 saturated heterocycles. The van der Waals surface area contributed by atoms with Crippen molar-refractivity contribution in [3.05, 3.63) is 22.4 Å². The highest BCUT2D eigenvalue weighted by atomic mass is 79.9. The maximum atomic E-state index is 5.77. The first-order chi connectivity index (χ1) is 6.83. The quantitative estimate of drug-likeness (QED) is 0.772. The zero-order chi connectivity index (χ0) is 9.54. The molecule has 0 atom stereocenters. The number of nitrogens with zero attached hydrogens (tertiary/aromatic N) is 1. The van der Waals surface area contributed by atoms with E-state index in [2.05, 4.69) is 27.0 Å². The molecule has 2 aliphatic carbocycles. The molecule has 2 saturated carbocycles. The lowest BCUT2D eigenvalue weighted by Gasteiger charge is -2.07. The lowest BCUT2D eigenvalue weighted by atomic mass is 10.2. The standard InChI is InChI=1S/C11H12BrNO/c12-11-10(14-9-3-4-9)5-8(6-13-11)7-1-2-7/h5-7,9H,1-4H2. The molecule has 0 aliphatic heterocycles. The van der Waals surface area contributed by atoms with Gasteiger partial charge in [-0.2, -0.15) is 0 Å². The Kier molecular flexibility index (Phi) is 2.01. The molecule has 0 spiro atoms. The molecule has 3 heteroatoms. The molecule has 0 amide bonds. The summed E-state index contributed by atoms with van der Waals surface area (Å²) in [6, 6.07) is 2.15. The van der Waals surface area contributed by atoms with E-state index in [1.54, 1.807) is 0 Å². The van der Waals surface area contributed by atoms with Crippen molar-refractivity contribution in [1.82, 2.24) is 4.98 Å². The molecule has 0 aromatic carbocycles. The third-order valence-corrected chi connectivity index (χ3v) is 3.29. The van der Waals surface area contributed by atoms with Crippen LogP contribution in [0.1, 0.15) is 37.2 Å². The molecule has 0 bridgehead atoms. The fraction of sp³-hybridized carbons (Fsp3) is 0.545. The van der Waals surface area contributed by atoms with Crippen molar-refractivity contribution in [2.24, 2.45) is 0 Å². The van der Waals surface area contributed by atoms with Crippen molar-refractivity contribution in [2.75, 3.05) is 0 Å². The van der Waals surface area contributed by atoms with Gasteiger partial charge >= 0.3 is 0 Å². The van der Waals surface area contributed by atoms with Crippen LogP contribution < -0.4 is 4.74 Å². The average molecular weight is 254 g/mol. The first-order valence-corrected chi connectivity index (χ1v) is 5.94. The second kappa shape index (κ2) is 3.23. The van der Waals surface area contributed by atoms with Gasteiger partial charge in [-0.25, -0.2) is 4.98 Å². The van der Waals surface area contributed by atoms with Crippen molar-refractivity contribution >= 4 is 15.9 Å². The van der Waals surface area contributed by atoms with Crippen LogP contribution in [0.2, 0.25) is 0 Å². The second-order valence-electron chi connectivity index (χ2n) is 4.15. The third-order valence-electron chi connectivity index (χ3n) is 2.69. The first-order valence-electron chi connectivity index (χ1n) is 5.15. The molecule has 0 radical (unpaired) electrons. The molecule has 1 aromatic rings. The van der Waals surface area contributed by atoms with Gasteiger partial charge in [0.15, 0.2) is 5.75 Å². The lowest BCUT2D eigenvalue weighted by molar-refractivity contribution is 0.299. The van der Waals surface area contributed by atoms with Gasteiger partial charge in [0.2, 0.25) is 0 Å². The molecule has 0 N–H and O–H groups in total. The van der Waals surface area contributed by atoms with Gasteiger partial charge in [0.25, 0.3) is 0 Å². The summed E-state index contributed by atoms with van der Waals surface area (Å²) in [7, 11) is 0. The van der Waals surface area contributed by atoms with E-state index in [1.807, 2.05) is 6.20 Å². The summed E-state index contributed by atoms with van der Waals surface area (Å²) in [4.78, 5) is 4.31. The Hall–Kier alpha value is -0.570. The van der Waals surface area contributed by atoms with Crippen LogP contribution in [-0.2, 0) is 0 Å². The molecule has 3 rings (SSSR count). The van der Waals surface area contributed by atoms with Gasteiger partial charge in [-0.15, -0.1) is 0 Å².